The van der Waals surface area contributed by atoms with E-state index in [1.165, 1.54) is 0 Å². The number of hydrogen-bond donors (Lipinski definition) is 0. The lowest BCUT2D eigenvalue weighted by Crippen LogP contribution is -2.49. The molecule has 2 aliphatic heterocycles. The number of nitrogens with zero attached hydrogens (tertiary/aromatic N) is 3. The van der Waals surface area contributed by atoms with Crippen LogP contribution in [0.2, 0.25) is 0 Å². The van der Waals surface area contributed by atoms with Gasteiger partial charge in [0.2, 0.25) is 5.91 Å². The number of ether oxygens (including phenoxy) is 2. The highest BCUT2D eigenvalue weighted by molar-refractivity contribution is 5.79. The topological polar surface area (TPSA) is 68.0 Å². The number of amides is 1. The molecule has 0 radical (unpaired) electrons. The van der Waals surface area contributed by atoms with Crippen LogP contribution in [0, 0.1) is 13.8 Å². The third-order valence-corrected chi connectivity index (χ3v) is 5.22. The quantitative estimate of drug-likeness (QED) is 0.766. The summed E-state index contributed by atoms with van der Waals surface area (Å²) in [6, 6.07) is 0.266. The minimum absolute atomic E-state index is 0.162. The SMILES string of the molecule is Cc1noc(C)c1CC(=O)N(CCN1CCOCC1)C1CCOCC1. The molecule has 3 rings (SSSR count). The Hall–Kier alpha value is -1.44. The van der Waals surface area contributed by atoms with Crippen LogP contribution in [0.25, 0.3) is 0 Å². The largest absolute Gasteiger partial charge is 0.381 e. The van der Waals surface area contributed by atoms with Crippen molar-refractivity contribution >= 4 is 5.91 Å². The molecule has 0 atom stereocenters. The van der Waals surface area contributed by atoms with E-state index in [2.05, 4.69) is 15.0 Å². The standard InChI is InChI=1S/C18H29N3O4/c1-14-17(15(2)25-19-14)13-18(22)21(16-3-9-23-10-4-16)6-5-20-7-11-24-12-8-20/h16H,3-13H2,1-2H3. The van der Waals surface area contributed by atoms with E-state index in [0.29, 0.717) is 6.42 Å². The molecule has 25 heavy (non-hydrogen) atoms. The molecule has 0 unspecified atom stereocenters. The zero-order valence-corrected chi connectivity index (χ0v) is 15.3. The lowest BCUT2D eigenvalue weighted by Gasteiger charge is -2.36. The van der Waals surface area contributed by atoms with Crippen molar-refractivity contribution in [3.05, 3.63) is 17.0 Å². The summed E-state index contributed by atoms with van der Waals surface area (Å²) in [4.78, 5) is 17.5. The minimum Gasteiger partial charge on any atom is -0.381 e. The molecule has 3 heterocycles. The number of aryl methyl sites for hydroxylation is 2. The number of rotatable bonds is 6. The lowest BCUT2D eigenvalue weighted by atomic mass is 10.0. The number of aromatic nitrogens is 1. The molecule has 2 saturated heterocycles. The lowest BCUT2D eigenvalue weighted by molar-refractivity contribution is -0.135. The highest BCUT2D eigenvalue weighted by atomic mass is 16.5. The van der Waals surface area contributed by atoms with Gasteiger partial charge in [-0.05, 0) is 26.7 Å². The predicted octanol–water partition coefficient (Wildman–Crippen LogP) is 1.17. The van der Waals surface area contributed by atoms with Gasteiger partial charge in [-0.15, -0.1) is 0 Å². The van der Waals surface area contributed by atoms with Crippen LogP contribution in [0.5, 0.6) is 0 Å². The molecule has 0 saturated carbocycles. The van der Waals surface area contributed by atoms with Crippen molar-refractivity contribution in [3.63, 3.8) is 0 Å². The van der Waals surface area contributed by atoms with Crippen LogP contribution in [0.15, 0.2) is 4.52 Å². The van der Waals surface area contributed by atoms with E-state index in [4.69, 9.17) is 14.0 Å². The molecule has 140 valence electrons. The Bertz CT molecular complexity index is 543. The molecular formula is C18H29N3O4. The van der Waals surface area contributed by atoms with Crippen LogP contribution in [0.3, 0.4) is 0 Å². The molecule has 2 fully saturated rings. The van der Waals surface area contributed by atoms with Gasteiger partial charge in [0.1, 0.15) is 5.76 Å². The maximum Gasteiger partial charge on any atom is 0.227 e. The van der Waals surface area contributed by atoms with Crippen LogP contribution >= 0.6 is 0 Å². The highest BCUT2D eigenvalue weighted by Crippen LogP contribution is 2.19. The molecule has 0 spiro atoms. The van der Waals surface area contributed by atoms with E-state index in [1.54, 1.807) is 0 Å². The van der Waals surface area contributed by atoms with Gasteiger partial charge in [0.15, 0.2) is 0 Å². The average Bonchev–Trinajstić information content (AvgIpc) is 2.96. The van der Waals surface area contributed by atoms with E-state index in [9.17, 15) is 4.79 Å². The first-order chi connectivity index (χ1) is 12.1. The van der Waals surface area contributed by atoms with Gasteiger partial charge < -0.3 is 18.9 Å². The fourth-order valence-electron chi connectivity index (χ4n) is 3.59. The molecule has 7 heteroatoms. The van der Waals surface area contributed by atoms with Gasteiger partial charge in [-0.3, -0.25) is 9.69 Å². The van der Waals surface area contributed by atoms with Crippen LogP contribution in [0.4, 0.5) is 0 Å². The molecule has 2 aliphatic rings. The van der Waals surface area contributed by atoms with Crippen molar-refractivity contribution in [1.29, 1.82) is 0 Å². The molecule has 0 aromatic carbocycles. The average molecular weight is 351 g/mol. The second-order valence-electron chi connectivity index (χ2n) is 6.86. The fourth-order valence-corrected chi connectivity index (χ4v) is 3.59. The molecule has 7 nitrogen and oxygen atoms in total. The van der Waals surface area contributed by atoms with Crippen molar-refractivity contribution in [3.8, 4) is 0 Å². The first kappa shape index (κ1) is 18.4. The fraction of sp³-hybridized carbons (Fsp3) is 0.778. The summed E-state index contributed by atoms with van der Waals surface area (Å²) < 4.78 is 16.1. The Morgan fingerprint density at radius 3 is 2.48 bits per heavy atom. The summed E-state index contributed by atoms with van der Waals surface area (Å²) in [5.74, 6) is 0.903. The van der Waals surface area contributed by atoms with Gasteiger partial charge in [0.25, 0.3) is 0 Å². The van der Waals surface area contributed by atoms with Crippen molar-refractivity contribution in [2.24, 2.45) is 0 Å². The second-order valence-corrected chi connectivity index (χ2v) is 6.86. The van der Waals surface area contributed by atoms with E-state index in [1.807, 2.05) is 13.8 Å². The molecule has 0 aliphatic carbocycles. The molecule has 1 amide bonds. The van der Waals surface area contributed by atoms with Crippen LogP contribution in [0.1, 0.15) is 29.9 Å². The number of carbonyl (C=O) groups is 1. The maximum absolute atomic E-state index is 13.1. The Kier molecular flexibility index (Phi) is 6.45. The summed E-state index contributed by atoms with van der Waals surface area (Å²) >= 11 is 0. The van der Waals surface area contributed by atoms with Crippen molar-refractivity contribution in [2.75, 3.05) is 52.6 Å². The third-order valence-electron chi connectivity index (χ3n) is 5.22. The van der Waals surface area contributed by atoms with Crippen molar-refractivity contribution in [2.45, 2.75) is 39.2 Å². The second kappa shape index (κ2) is 8.78. The first-order valence-corrected chi connectivity index (χ1v) is 9.24. The number of carbonyl (C=O) groups excluding carboxylic acids is 1. The zero-order valence-electron chi connectivity index (χ0n) is 15.3. The summed E-state index contributed by atoms with van der Waals surface area (Å²) in [6.07, 6.45) is 2.19. The highest BCUT2D eigenvalue weighted by Gasteiger charge is 2.27. The Morgan fingerprint density at radius 1 is 1.16 bits per heavy atom. The Morgan fingerprint density at radius 2 is 1.84 bits per heavy atom. The molecular weight excluding hydrogens is 322 g/mol. The Labute approximate surface area is 149 Å². The van der Waals surface area contributed by atoms with E-state index >= 15 is 0 Å². The van der Waals surface area contributed by atoms with Gasteiger partial charge in [-0.1, -0.05) is 5.16 Å². The van der Waals surface area contributed by atoms with Crippen LogP contribution in [-0.4, -0.2) is 79.5 Å². The monoisotopic (exact) mass is 351 g/mol. The van der Waals surface area contributed by atoms with E-state index < -0.39 is 0 Å². The summed E-state index contributed by atoms with van der Waals surface area (Å²) in [7, 11) is 0. The number of hydrogen-bond acceptors (Lipinski definition) is 6. The summed E-state index contributed by atoms with van der Waals surface area (Å²) in [5.41, 5.74) is 1.74. The van der Waals surface area contributed by atoms with Gasteiger partial charge >= 0.3 is 0 Å². The minimum atomic E-state index is 0.162. The van der Waals surface area contributed by atoms with Crippen molar-refractivity contribution < 1.29 is 18.8 Å². The van der Waals surface area contributed by atoms with Crippen LogP contribution < -0.4 is 0 Å². The maximum atomic E-state index is 13.1. The van der Waals surface area contributed by atoms with Gasteiger partial charge in [-0.2, -0.15) is 0 Å². The third kappa shape index (κ3) is 4.80. The Balaban J connectivity index is 1.65. The van der Waals surface area contributed by atoms with Gasteiger partial charge in [-0.25, -0.2) is 0 Å². The van der Waals surface area contributed by atoms with Gasteiger partial charge in [0, 0.05) is 51.0 Å². The first-order valence-electron chi connectivity index (χ1n) is 9.24. The molecule has 1 aromatic rings. The molecule has 1 aromatic heterocycles. The van der Waals surface area contributed by atoms with E-state index in [-0.39, 0.29) is 11.9 Å². The van der Waals surface area contributed by atoms with E-state index in [0.717, 1.165) is 82.5 Å². The summed E-state index contributed by atoms with van der Waals surface area (Å²) in [5, 5.41) is 3.97. The predicted molar refractivity (Wildman–Crippen MR) is 92.5 cm³/mol. The van der Waals surface area contributed by atoms with Crippen LogP contribution in [-0.2, 0) is 20.7 Å². The molecule has 0 bridgehead atoms. The summed E-state index contributed by atoms with van der Waals surface area (Å²) in [6.45, 7) is 10.3. The smallest absolute Gasteiger partial charge is 0.227 e. The normalized spacial score (nSPS) is 19.9. The van der Waals surface area contributed by atoms with Gasteiger partial charge in [0.05, 0.1) is 25.3 Å². The van der Waals surface area contributed by atoms with Crippen molar-refractivity contribution in [1.82, 2.24) is 15.0 Å². The number of morpholine rings is 1. The zero-order chi connectivity index (χ0) is 17.6. The molecule has 0 N–H and O–H groups in total.